The van der Waals surface area contributed by atoms with Gasteiger partial charge in [0.15, 0.2) is 0 Å². The summed E-state index contributed by atoms with van der Waals surface area (Å²) in [5.41, 5.74) is 12.1. The van der Waals surface area contributed by atoms with Crippen molar-refractivity contribution < 1.29 is 0 Å². The minimum Gasteiger partial charge on any atom is -0.377 e. The Kier molecular flexibility index (Phi) is 4.69. The van der Waals surface area contributed by atoms with Crippen molar-refractivity contribution >= 4 is 17.3 Å². The number of rotatable bonds is 4. The molecule has 1 unspecified atom stereocenters. The van der Waals surface area contributed by atoms with Crippen molar-refractivity contribution in [1.82, 2.24) is 0 Å². The molecule has 0 saturated heterocycles. The van der Waals surface area contributed by atoms with Crippen molar-refractivity contribution in [2.75, 3.05) is 11.9 Å². The summed E-state index contributed by atoms with van der Waals surface area (Å²) in [5, 5.41) is 4.21. The Hall–Kier alpha value is -1.51. The first-order chi connectivity index (χ1) is 9.51. The Morgan fingerprint density at radius 3 is 2.20 bits per heavy atom. The second kappa shape index (κ2) is 6.29. The van der Waals surface area contributed by atoms with E-state index in [1.54, 1.807) is 0 Å². The van der Waals surface area contributed by atoms with Gasteiger partial charge in [0.05, 0.1) is 6.04 Å². The first kappa shape index (κ1) is 14.9. The highest BCUT2D eigenvalue weighted by Crippen LogP contribution is 2.25. The number of anilines is 1. The summed E-state index contributed by atoms with van der Waals surface area (Å²) in [4.78, 5) is 0. The SMILES string of the molecule is Cc1cc(C)c(C(CN)Nc2ccc(Cl)cc2)cc1C. The summed E-state index contributed by atoms with van der Waals surface area (Å²) in [6.45, 7) is 6.95. The highest BCUT2D eigenvalue weighted by molar-refractivity contribution is 6.30. The molecule has 2 aromatic carbocycles. The van der Waals surface area contributed by atoms with Gasteiger partial charge in [-0.05, 0) is 67.3 Å². The van der Waals surface area contributed by atoms with Gasteiger partial charge in [-0.2, -0.15) is 0 Å². The van der Waals surface area contributed by atoms with E-state index in [9.17, 15) is 0 Å². The smallest absolute Gasteiger partial charge is 0.0638 e. The van der Waals surface area contributed by atoms with Crippen molar-refractivity contribution in [1.29, 1.82) is 0 Å². The average Bonchev–Trinajstić information content (AvgIpc) is 2.43. The van der Waals surface area contributed by atoms with E-state index in [-0.39, 0.29) is 6.04 Å². The first-order valence-corrected chi connectivity index (χ1v) is 7.19. The van der Waals surface area contributed by atoms with Crippen molar-refractivity contribution in [3.8, 4) is 0 Å². The Bertz CT molecular complexity index is 591. The van der Waals surface area contributed by atoms with Gasteiger partial charge in [-0.1, -0.05) is 23.7 Å². The molecule has 2 aromatic rings. The van der Waals surface area contributed by atoms with E-state index >= 15 is 0 Å². The fourth-order valence-electron chi connectivity index (χ4n) is 2.37. The summed E-state index contributed by atoms with van der Waals surface area (Å²) in [6, 6.07) is 12.3. The molecule has 0 amide bonds. The lowest BCUT2D eigenvalue weighted by Crippen LogP contribution is -2.21. The van der Waals surface area contributed by atoms with Crippen molar-refractivity contribution in [2.45, 2.75) is 26.8 Å². The second-order valence-electron chi connectivity index (χ2n) is 5.23. The van der Waals surface area contributed by atoms with Crippen LogP contribution in [0.4, 0.5) is 5.69 Å². The van der Waals surface area contributed by atoms with Gasteiger partial charge < -0.3 is 11.1 Å². The molecule has 0 heterocycles. The van der Waals surface area contributed by atoms with Crippen molar-refractivity contribution in [3.63, 3.8) is 0 Å². The van der Waals surface area contributed by atoms with E-state index < -0.39 is 0 Å². The summed E-state index contributed by atoms with van der Waals surface area (Å²) >= 11 is 5.91. The summed E-state index contributed by atoms with van der Waals surface area (Å²) in [7, 11) is 0. The molecular formula is C17H21ClN2. The topological polar surface area (TPSA) is 38.0 Å². The minimum absolute atomic E-state index is 0.107. The summed E-state index contributed by atoms with van der Waals surface area (Å²) in [5.74, 6) is 0. The van der Waals surface area contributed by atoms with Crippen LogP contribution in [0.3, 0.4) is 0 Å². The molecule has 0 spiro atoms. The highest BCUT2D eigenvalue weighted by Gasteiger charge is 2.13. The van der Waals surface area contributed by atoms with Gasteiger partial charge >= 0.3 is 0 Å². The third-order valence-electron chi connectivity index (χ3n) is 3.68. The normalized spacial score (nSPS) is 12.2. The number of aryl methyl sites for hydroxylation is 3. The van der Waals surface area contributed by atoms with Crippen LogP contribution in [0.5, 0.6) is 0 Å². The summed E-state index contributed by atoms with van der Waals surface area (Å²) in [6.07, 6.45) is 0. The third-order valence-corrected chi connectivity index (χ3v) is 3.93. The van der Waals surface area contributed by atoms with Gasteiger partial charge in [-0.25, -0.2) is 0 Å². The molecule has 106 valence electrons. The molecular weight excluding hydrogens is 268 g/mol. The van der Waals surface area contributed by atoms with Crippen LogP contribution in [0.2, 0.25) is 5.02 Å². The molecule has 2 rings (SSSR count). The molecule has 0 saturated carbocycles. The number of nitrogens with two attached hydrogens (primary N) is 1. The lowest BCUT2D eigenvalue weighted by Gasteiger charge is -2.22. The molecule has 0 bridgehead atoms. The van der Waals surface area contributed by atoms with Gasteiger partial charge in [-0.15, -0.1) is 0 Å². The number of halogens is 1. The predicted molar refractivity (Wildman–Crippen MR) is 87.5 cm³/mol. The van der Waals surface area contributed by atoms with Crippen LogP contribution in [0, 0.1) is 20.8 Å². The quantitative estimate of drug-likeness (QED) is 0.876. The lowest BCUT2D eigenvalue weighted by molar-refractivity contribution is 0.782. The fourth-order valence-corrected chi connectivity index (χ4v) is 2.50. The molecule has 1 atom stereocenters. The minimum atomic E-state index is 0.107. The van der Waals surface area contributed by atoms with Gasteiger partial charge in [0.2, 0.25) is 0 Å². The van der Waals surface area contributed by atoms with Gasteiger partial charge in [0.1, 0.15) is 0 Å². The number of hydrogen-bond acceptors (Lipinski definition) is 2. The molecule has 3 N–H and O–H groups in total. The van der Waals surface area contributed by atoms with E-state index in [2.05, 4.69) is 38.2 Å². The lowest BCUT2D eigenvalue weighted by atomic mass is 9.95. The fraction of sp³-hybridized carbons (Fsp3) is 0.294. The van der Waals surface area contributed by atoms with Crippen LogP contribution >= 0.6 is 11.6 Å². The van der Waals surface area contributed by atoms with E-state index in [1.165, 1.54) is 22.3 Å². The first-order valence-electron chi connectivity index (χ1n) is 6.81. The molecule has 2 nitrogen and oxygen atoms in total. The molecule has 0 aliphatic rings. The van der Waals surface area contributed by atoms with Crippen LogP contribution < -0.4 is 11.1 Å². The number of nitrogens with one attached hydrogen (secondary N) is 1. The average molecular weight is 289 g/mol. The van der Waals surface area contributed by atoms with Crippen molar-refractivity contribution in [3.05, 3.63) is 63.7 Å². The van der Waals surface area contributed by atoms with E-state index in [0.29, 0.717) is 6.54 Å². The van der Waals surface area contributed by atoms with E-state index in [4.69, 9.17) is 17.3 Å². The van der Waals surface area contributed by atoms with E-state index in [0.717, 1.165) is 10.7 Å². The zero-order valence-electron chi connectivity index (χ0n) is 12.2. The second-order valence-corrected chi connectivity index (χ2v) is 5.67. The van der Waals surface area contributed by atoms with Crippen LogP contribution in [0.25, 0.3) is 0 Å². The zero-order valence-corrected chi connectivity index (χ0v) is 13.0. The third kappa shape index (κ3) is 3.33. The maximum absolute atomic E-state index is 5.95. The van der Waals surface area contributed by atoms with Gasteiger partial charge in [-0.3, -0.25) is 0 Å². The maximum Gasteiger partial charge on any atom is 0.0638 e. The van der Waals surface area contributed by atoms with Crippen molar-refractivity contribution in [2.24, 2.45) is 5.73 Å². The Labute approximate surface area is 126 Å². The van der Waals surface area contributed by atoms with Gasteiger partial charge in [0, 0.05) is 17.3 Å². The Morgan fingerprint density at radius 1 is 1.00 bits per heavy atom. The molecule has 0 aliphatic carbocycles. The van der Waals surface area contributed by atoms with Crippen LogP contribution in [-0.2, 0) is 0 Å². The van der Waals surface area contributed by atoms with E-state index in [1.807, 2.05) is 24.3 Å². The molecule has 0 radical (unpaired) electrons. The Morgan fingerprint density at radius 2 is 1.60 bits per heavy atom. The summed E-state index contributed by atoms with van der Waals surface area (Å²) < 4.78 is 0. The standard InChI is InChI=1S/C17H21ClN2/c1-11-8-13(3)16(9-12(11)2)17(10-19)20-15-6-4-14(18)5-7-15/h4-9,17,20H,10,19H2,1-3H3. The van der Waals surface area contributed by atoms with Gasteiger partial charge in [0.25, 0.3) is 0 Å². The molecule has 0 fully saturated rings. The monoisotopic (exact) mass is 288 g/mol. The molecule has 0 aromatic heterocycles. The predicted octanol–water partition coefficient (Wildman–Crippen LogP) is 4.38. The number of benzene rings is 2. The zero-order chi connectivity index (χ0) is 14.7. The number of hydrogen-bond donors (Lipinski definition) is 2. The molecule has 3 heteroatoms. The maximum atomic E-state index is 5.95. The van der Waals surface area contributed by atoms with Crippen LogP contribution in [0.1, 0.15) is 28.3 Å². The molecule has 0 aliphatic heterocycles. The largest absolute Gasteiger partial charge is 0.377 e. The van der Waals surface area contributed by atoms with Crippen LogP contribution in [0.15, 0.2) is 36.4 Å². The highest BCUT2D eigenvalue weighted by atomic mass is 35.5. The molecule has 20 heavy (non-hydrogen) atoms. The Balaban J connectivity index is 2.28. The van der Waals surface area contributed by atoms with Crippen LogP contribution in [-0.4, -0.2) is 6.54 Å².